The molecule has 2 heterocycles. The number of anilines is 1. The first kappa shape index (κ1) is 14.9. The summed E-state index contributed by atoms with van der Waals surface area (Å²) in [4.78, 5) is 16.1. The summed E-state index contributed by atoms with van der Waals surface area (Å²) in [5.74, 6) is -0.0448. The van der Waals surface area contributed by atoms with Crippen LogP contribution in [-0.2, 0) is 11.2 Å². The van der Waals surface area contributed by atoms with E-state index in [-0.39, 0.29) is 11.8 Å². The average Bonchev–Trinajstić information content (AvgIpc) is 3.05. The van der Waals surface area contributed by atoms with Crippen molar-refractivity contribution in [3.05, 3.63) is 66.5 Å². The van der Waals surface area contributed by atoms with Gasteiger partial charge in [-0.2, -0.15) is 0 Å². The molecule has 1 unspecified atom stereocenters. The van der Waals surface area contributed by atoms with Crippen molar-refractivity contribution in [1.82, 2.24) is 10.1 Å². The number of amides is 1. The highest BCUT2D eigenvalue weighted by atomic mass is 16.5. The molecule has 6 heteroatoms. The van der Waals surface area contributed by atoms with Crippen molar-refractivity contribution in [3.8, 4) is 11.3 Å². The minimum atomic E-state index is -0.660. The fraction of sp³-hybridized carbons (Fsp3) is 0.118. The van der Waals surface area contributed by atoms with E-state index in [1.165, 1.54) is 0 Å². The molecule has 0 saturated heterocycles. The van der Waals surface area contributed by atoms with E-state index in [0.29, 0.717) is 12.1 Å². The smallest absolute Gasteiger partial charge is 0.244 e. The zero-order chi connectivity index (χ0) is 16.1. The fourth-order valence-corrected chi connectivity index (χ4v) is 2.17. The Hall–Kier alpha value is -2.99. The first-order valence-electron chi connectivity index (χ1n) is 7.20. The Morgan fingerprint density at radius 3 is 2.65 bits per heavy atom. The van der Waals surface area contributed by atoms with Gasteiger partial charge in [-0.1, -0.05) is 35.5 Å². The summed E-state index contributed by atoms with van der Waals surface area (Å²) < 4.78 is 5.13. The second-order valence-electron chi connectivity index (χ2n) is 5.10. The van der Waals surface area contributed by atoms with E-state index < -0.39 is 6.04 Å². The van der Waals surface area contributed by atoms with Gasteiger partial charge in [-0.3, -0.25) is 15.1 Å². The van der Waals surface area contributed by atoms with E-state index in [1.54, 1.807) is 18.5 Å². The summed E-state index contributed by atoms with van der Waals surface area (Å²) in [5, 5.41) is 6.57. The molecular weight excluding hydrogens is 292 g/mol. The van der Waals surface area contributed by atoms with Gasteiger partial charge in [0.2, 0.25) is 11.8 Å². The van der Waals surface area contributed by atoms with E-state index in [4.69, 9.17) is 10.3 Å². The van der Waals surface area contributed by atoms with Gasteiger partial charge < -0.3 is 10.3 Å². The topological polar surface area (TPSA) is 94.0 Å². The number of pyridine rings is 1. The molecule has 0 aliphatic rings. The summed E-state index contributed by atoms with van der Waals surface area (Å²) in [6.07, 6.45) is 3.79. The van der Waals surface area contributed by atoms with Crippen LogP contribution in [0, 0.1) is 0 Å². The van der Waals surface area contributed by atoms with Crippen LogP contribution in [0.4, 0.5) is 5.88 Å². The van der Waals surface area contributed by atoms with Gasteiger partial charge in [0.05, 0.1) is 6.04 Å². The minimum Gasteiger partial charge on any atom is -0.338 e. The molecule has 116 valence electrons. The summed E-state index contributed by atoms with van der Waals surface area (Å²) in [7, 11) is 0. The molecule has 0 aliphatic heterocycles. The van der Waals surface area contributed by atoms with Crippen molar-refractivity contribution in [2.24, 2.45) is 5.73 Å². The van der Waals surface area contributed by atoms with E-state index in [1.807, 2.05) is 42.5 Å². The van der Waals surface area contributed by atoms with E-state index in [0.717, 1.165) is 11.1 Å². The molecule has 1 atom stereocenters. The molecule has 3 rings (SSSR count). The molecule has 2 aromatic heterocycles. The molecule has 0 bridgehead atoms. The maximum Gasteiger partial charge on any atom is 0.244 e. The van der Waals surface area contributed by atoms with Crippen molar-refractivity contribution < 1.29 is 9.32 Å². The van der Waals surface area contributed by atoms with Crippen LogP contribution in [0.2, 0.25) is 0 Å². The maximum absolute atomic E-state index is 12.1. The molecule has 1 aromatic carbocycles. The number of carbonyl (C=O) groups excluding carboxylic acids is 1. The first-order chi connectivity index (χ1) is 11.2. The monoisotopic (exact) mass is 308 g/mol. The molecular formula is C17H16N4O2. The predicted octanol–water partition coefficient (Wildman–Crippen LogP) is 2.25. The second-order valence-corrected chi connectivity index (χ2v) is 5.10. The average molecular weight is 308 g/mol. The van der Waals surface area contributed by atoms with E-state index in [2.05, 4.69) is 15.5 Å². The number of carbonyl (C=O) groups is 1. The number of nitrogens with two attached hydrogens (primary N) is 1. The van der Waals surface area contributed by atoms with Crippen LogP contribution in [0.15, 0.2) is 65.4 Å². The van der Waals surface area contributed by atoms with Gasteiger partial charge in [0, 0.05) is 24.0 Å². The molecule has 0 radical (unpaired) electrons. The molecule has 0 fully saturated rings. The van der Waals surface area contributed by atoms with Crippen LogP contribution in [-0.4, -0.2) is 22.1 Å². The minimum absolute atomic E-state index is 0.269. The van der Waals surface area contributed by atoms with E-state index in [9.17, 15) is 4.79 Å². The summed E-state index contributed by atoms with van der Waals surface area (Å²) in [5.41, 5.74) is 8.42. The number of rotatable bonds is 5. The maximum atomic E-state index is 12.1. The predicted molar refractivity (Wildman–Crippen MR) is 86.5 cm³/mol. The summed E-state index contributed by atoms with van der Waals surface area (Å²) in [6.45, 7) is 0. The zero-order valence-electron chi connectivity index (χ0n) is 12.3. The Balaban J connectivity index is 1.63. The molecule has 1 amide bonds. The lowest BCUT2D eigenvalue weighted by Crippen LogP contribution is -2.37. The molecule has 0 saturated carbocycles. The highest BCUT2D eigenvalue weighted by molar-refractivity contribution is 5.94. The van der Waals surface area contributed by atoms with Gasteiger partial charge in [0.25, 0.3) is 0 Å². The SMILES string of the molecule is NC(Cc1ccccc1)C(=O)Nc1cc(-c2ccncc2)no1. The van der Waals surface area contributed by atoms with Gasteiger partial charge in [-0.15, -0.1) is 0 Å². The number of nitrogens with one attached hydrogen (secondary N) is 1. The van der Waals surface area contributed by atoms with Crippen LogP contribution >= 0.6 is 0 Å². The van der Waals surface area contributed by atoms with Crippen LogP contribution in [0.5, 0.6) is 0 Å². The largest absolute Gasteiger partial charge is 0.338 e. The Kier molecular flexibility index (Phi) is 4.44. The van der Waals surface area contributed by atoms with Crippen molar-refractivity contribution in [1.29, 1.82) is 0 Å². The van der Waals surface area contributed by atoms with Crippen molar-refractivity contribution in [2.45, 2.75) is 12.5 Å². The van der Waals surface area contributed by atoms with Crippen molar-refractivity contribution in [3.63, 3.8) is 0 Å². The molecule has 3 N–H and O–H groups in total. The zero-order valence-corrected chi connectivity index (χ0v) is 12.3. The number of nitrogens with zero attached hydrogens (tertiary/aromatic N) is 2. The van der Waals surface area contributed by atoms with Crippen molar-refractivity contribution in [2.75, 3.05) is 5.32 Å². The summed E-state index contributed by atoms with van der Waals surface area (Å²) >= 11 is 0. The first-order valence-corrected chi connectivity index (χ1v) is 7.20. The molecule has 0 spiro atoms. The van der Waals surface area contributed by atoms with Gasteiger partial charge >= 0.3 is 0 Å². The van der Waals surface area contributed by atoms with Crippen LogP contribution < -0.4 is 11.1 Å². The van der Waals surface area contributed by atoms with Gasteiger partial charge in [0.1, 0.15) is 5.69 Å². The number of aromatic nitrogens is 2. The Labute approximate surface area is 133 Å². The molecule has 23 heavy (non-hydrogen) atoms. The molecule has 0 aliphatic carbocycles. The fourth-order valence-electron chi connectivity index (χ4n) is 2.17. The normalized spacial score (nSPS) is 11.9. The lowest BCUT2D eigenvalue weighted by atomic mass is 10.1. The highest BCUT2D eigenvalue weighted by Gasteiger charge is 2.16. The molecule has 6 nitrogen and oxygen atoms in total. The Bertz CT molecular complexity index is 772. The standard InChI is InChI=1S/C17H16N4O2/c18-14(10-12-4-2-1-3-5-12)17(22)20-16-11-15(21-23-16)13-6-8-19-9-7-13/h1-9,11,14H,10,18H2,(H,20,22). The summed E-state index contributed by atoms with van der Waals surface area (Å²) in [6, 6.07) is 14.2. The number of benzene rings is 1. The van der Waals surface area contributed by atoms with Gasteiger partial charge in [0.15, 0.2) is 0 Å². The third-order valence-corrected chi connectivity index (χ3v) is 3.37. The van der Waals surface area contributed by atoms with Gasteiger partial charge in [-0.25, -0.2) is 0 Å². The number of hydrogen-bond donors (Lipinski definition) is 2. The van der Waals surface area contributed by atoms with Crippen LogP contribution in [0.1, 0.15) is 5.56 Å². The third-order valence-electron chi connectivity index (χ3n) is 3.37. The number of hydrogen-bond acceptors (Lipinski definition) is 5. The lowest BCUT2D eigenvalue weighted by Gasteiger charge is -2.10. The third kappa shape index (κ3) is 3.81. The molecule has 3 aromatic rings. The lowest BCUT2D eigenvalue weighted by molar-refractivity contribution is -0.117. The van der Waals surface area contributed by atoms with Crippen LogP contribution in [0.3, 0.4) is 0 Å². The van der Waals surface area contributed by atoms with Crippen molar-refractivity contribution >= 4 is 11.8 Å². The van der Waals surface area contributed by atoms with Gasteiger partial charge in [-0.05, 0) is 24.1 Å². The quantitative estimate of drug-likeness (QED) is 0.754. The van der Waals surface area contributed by atoms with Crippen LogP contribution in [0.25, 0.3) is 11.3 Å². The Morgan fingerprint density at radius 2 is 1.91 bits per heavy atom. The Morgan fingerprint density at radius 1 is 1.17 bits per heavy atom. The van der Waals surface area contributed by atoms with E-state index >= 15 is 0 Å². The highest BCUT2D eigenvalue weighted by Crippen LogP contribution is 2.20. The second kappa shape index (κ2) is 6.85.